The Morgan fingerprint density at radius 2 is 2.00 bits per heavy atom. The fraction of sp³-hybridized carbons (Fsp3) is 0.333. The van der Waals surface area contributed by atoms with Crippen molar-refractivity contribution in [2.75, 3.05) is 0 Å². The number of rotatable bonds is 4. The van der Waals surface area contributed by atoms with Gasteiger partial charge in [-0.3, -0.25) is 0 Å². The van der Waals surface area contributed by atoms with Crippen molar-refractivity contribution in [2.45, 2.75) is 30.8 Å². The Morgan fingerprint density at radius 1 is 1.36 bits per heavy atom. The Labute approximate surface area is 89.8 Å². The maximum absolute atomic E-state index is 9.70. The van der Waals surface area contributed by atoms with Gasteiger partial charge in [0.05, 0.1) is 5.60 Å². The van der Waals surface area contributed by atoms with Crippen molar-refractivity contribution in [1.82, 2.24) is 0 Å². The molecule has 1 nitrogen and oxygen atoms in total. The molecule has 0 saturated carbocycles. The zero-order valence-corrected chi connectivity index (χ0v) is 9.42. The van der Waals surface area contributed by atoms with Gasteiger partial charge in [-0.15, -0.1) is 0 Å². The molecule has 14 heavy (non-hydrogen) atoms. The van der Waals surface area contributed by atoms with Crippen LogP contribution in [0.4, 0.5) is 0 Å². The largest absolute Gasteiger partial charge is 0.386 e. The van der Waals surface area contributed by atoms with Crippen LogP contribution in [0.3, 0.4) is 0 Å². The first-order chi connectivity index (χ1) is 6.64. The minimum atomic E-state index is -0.679. The predicted molar refractivity (Wildman–Crippen MR) is 62.4 cm³/mol. The van der Waals surface area contributed by atoms with Gasteiger partial charge in [0.15, 0.2) is 0 Å². The SMILES string of the molecule is CCC(C)(O)/C=C/Sc1ccccc1. The molecule has 0 bridgehead atoms. The van der Waals surface area contributed by atoms with Gasteiger partial charge in [-0.05, 0) is 37.0 Å². The lowest BCUT2D eigenvalue weighted by Crippen LogP contribution is -2.18. The van der Waals surface area contributed by atoms with E-state index in [-0.39, 0.29) is 0 Å². The molecule has 76 valence electrons. The first kappa shape index (κ1) is 11.3. The summed E-state index contributed by atoms with van der Waals surface area (Å²) in [6, 6.07) is 10.1. The third kappa shape index (κ3) is 3.99. The van der Waals surface area contributed by atoms with Crippen LogP contribution in [0.2, 0.25) is 0 Å². The van der Waals surface area contributed by atoms with Crippen LogP contribution < -0.4 is 0 Å². The average molecular weight is 208 g/mol. The van der Waals surface area contributed by atoms with Crippen LogP contribution in [0, 0.1) is 0 Å². The summed E-state index contributed by atoms with van der Waals surface area (Å²) in [5.41, 5.74) is -0.679. The molecule has 0 amide bonds. The van der Waals surface area contributed by atoms with Gasteiger partial charge >= 0.3 is 0 Å². The highest BCUT2D eigenvalue weighted by Gasteiger charge is 2.11. The van der Waals surface area contributed by atoms with Crippen molar-refractivity contribution in [3.8, 4) is 0 Å². The molecule has 0 aliphatic heterocycles. The molecule has 0 fully saturated rings. The summed E-state index contributed by atoms with van der Waals surface area (Å²) in [5.74, 6) is 0. The molecule has 1 aromatic carbocycles. The Balaban J connectivity index is 2.49. The Morgan fingerprint density at radius 3 is 2.57 bits per heavy atom. The summed E-state index contributed by atoms with van der Waals surface area (Å²) in [6.07, 6.45) is 2.57. The lowest BCUT2D eigenvalue weighted by atomic mass is 10.1. The van der Waals surface area contributed by atoms with Crippen LogP contribution in [0.25, 0.3) is 0 Å². The molecule has 1 atom stereocenters. The van der Waals surface area contributed by atoms with Gasteiger partial charge in [0.2, 0.25) is 0 Å². The second kappa shape index (κ2) is 5.23. The van der Waals surface area contributed by atoms with E-state index >= 15 is 0 Å². The molecule has 1 rings (SSSR count). The van der Waals surface area contributed by atoms with E-state index < -0.39 is 5.60 Å². The molecule has 0 spiro atoms. The van der Waals surface area contributed by atoms with E-state index in [9.17, 15) is 5.11 Å². The summed E-state index contributed by atoms with van der Waals surface area (Å²) in [6.45, 7) is 3.78. The molecule has 0 aromatic heterocycles. The van der Waals surface area contributed by atoms with Gasteiger partial charge < -0.3 is 5.11 Å². The summed E-state index contributed by atoms with van der Waals surface area (Å²) in [4.78, 5) is 1.19. The third-order valence-corrected chi connectivity index (χ3v) is 2.91. The number of benzene rings is 1. The lowest BCUT2D eigenvalue weighted by Gasteiger charge is -2.15. The van der Waals surface area contributed by atoms with Crippen LogP contribution in [0.15, 0.2) is 46.7 Å². The Kier molecular flexibility index (Phi) is 4.23. The third-order valence-electron chi connectivity index (χ3n) is 2.09. The summed E-state index contributed by atoms with van der Waals surface area (Å²) < 4.78 is 0. The Hall–Kier alpha value is -0.730. The molecule has 0 saturated heterocycles. The molecule has 0 aliphatic carbocycles. The summed E-state index contributed by atoms with van der Waals surface area (Å²) in [5, 5.41) is 11.6. The summed E-state index contributed by atoms with van der Waals surface area (Å²) >= 11 is 1.62. The van der Waals surface area contributed by atoms with Crippen LogP contribution >= 0.6 is 11.8 Å². The molecule has 1 aromatic rings. The van der Waals surface area contributed by atoms with Crippen LogP contribution in [0.1, 0.15) is 20.3 Å². The molecular weight excluding hydrogens is 192 g/mol. The lowest BCUT2D eigenvalue weighted by molar-refractivity contribution is 0.108. The predicted octanol–water partition coefficient (Wildman–Crippen LogP) is 3.45. The number of hydrogen-bond donors (Lipinski definition) is 1. The number of aliphatic hydroxyl groups is 1. The molecule has 1 unspecified atom stereocenters. The molecule has 0 aliphatic rings. The molecule has 2 heteroatoms. The minimum Gasteiger partial charge on any atom is -0.386 e. The van der Waals surface area contributed by atoms with Crippen molar-refractivity contribution in [3.05, 3.63) is 41.8 Å². The molecule has 0 heterocycles. The van der Waals surface area contributed by atoms with Gasteiger partial charge in [0, 0.05) is 4.90 Å². The van der Waals surface area contributed by atoms with Crippen molar-refractivity contribution in [1.29, 1.82) is 0 Å². The monoisotopic (exact) mass is 208 g/mol. The van der Waals surface area contributed by atoms with Crippen molar-refractivity contribution < 1.29 is 5.11 Å². The fourth-order valence-electron chi connectivity index (χ4n) is 0.876. The van der Waals surface area contributed by atoms with Gasteiger partial charge in [0.1, 0.15) is 0 Å². The molecule has 0 radical (unpaired) electrons. The van der Waals surface area contributed by atoms with Crippen molar-refractivity contribution >= 4 is 11.8 Å². The quantitative estimate of drug-likeness (QED) is 0.765. The molecule has 1 N–H and O–H groups in total. The highest BCUT2D eigenvalue weighted by atomic mass is 32.2. The second-order valence-corrected chi connectivity index (χ2v) is 4.42. The van der Waals surface area contributed by atoms with Gasteiger partial charge in [-0.25, -0.2) is 0 Å². The highest BCUT2D eigenvalue weighted by molar-refractivity contribution is 8.02. The summed E-state index contributed by atoms with van der Waals surface area (Å²) in [7, 11) is 0. The van der Waals surface area contributed by atoms with E-state index in [1.165, 1.54) is 4.90 Å². The topological polar surface area (TPSA) is 20.2 Å². The van der Waals surface area contributed by atoms with E-state index in [2.05, 4.69) is 12.1 Å². The maximum atomic E-state index is 9.70. The van der Waals surface area contributed by atoms with Gasteiger partial charge in [-0.2, -0.15) is 0 Å². The van der Waals surface area contributed by atoms with Crippen molar-refractivity contribution in [3.63, 3.8) is 0 Å². The fourth-order valence-corrected chi connectivity index (χ4v) is 1.71. The first-order valence-corrected chi connectivity index (χ1v) is 5.64. The Bertz CT molecular complexity index is 290. The maximum Gasteiger partial charge on any atom is 0.0805 e. The average Bonchev–Trinajstić information content (AvgIpc) is 2.19. The van der Waals surface area contributed by atoms with Crippen molar-refractivity contribution in [2.24, 2.45) is 0 Å². The second-order valence-electron chi connectivity index (χ2n) is 3.44. The van der Waals surface area contributed by atoms with Gasteiger partial charge in [0.25, 0.3) is 0 Å². The standard InChI is InChI=1S/C12H16OS/c1-3-12(2,13)9-10-14-11-7-5-4-6-8-11/h4-10,13H,3H2,1-2H3/b10-9+. The van der Waals surface area contributed by atoms with E-state index in [1.807, 2.05) is 43.5 Å². The highest BCUT2D eigenvalue weighted by Crippen LogP contribution is 2.20. The van der Waals surface area contributed by atoms with E-state index in [1.54, 1.807) is 11.8 Å². The zero-order valence-electron chi connectivity index (χ0n) is 8.60. The molecular formula is C12H16OS. The normalized spacial score (nSPS) is 15.6. The zero-order chi connectivity index (χ0) is 10.4. The minimum absolute atomic E-state index is 0.679. The van der Waals surface area contributed by atoms with Gasteiger partial charge in [-0.1, -0.05) is 36.9 Å². The van der Waals surface area contributed by atoms with E-state index in [0.717, 1.165) is 6.42 Å². The smallest absolute Gasteiger partial charge is 0.0805 e. The van der Waals surface area contributed by atoms with Crippen LogP contribution in [-0.4, -0.2) is 10.7 Å². The number of hydrogen-bond acceptors (Lipinski definition) is 2. The van der Waals surface area contributed by atoms with Crippen LogP contribution in [-0.2, 0) is 0 Å². The first-order valence-electron chi connectivity index (χ1n) is 4.76. The van der Waals surface area contributed by atoms with E-state index in [0.29, 0.717) is 0 Å². The number of thioether (sulfide) groups is 1. The van der Waals surface area contributed by atoms with Crippen LogP contribution in [0.5, 0.6) is 0 Å². The van der Waals surface area contributed by atoms with E-state index in [4.69, 9.17) is 0 Å².